The van der Waals surface area contributed by atoms with Crippen molar-refractivity contribution in [2.75, 3.05) is 0 Å². The third kappa shape index (κ3) is 3.24. The fourth-order valence-electron chi connectivity index (χ4n) is 3.07. The van der Waals surface area contributed by atoms with Gasteiger partial charge in [-0.05, 0) is 29.7 Å². The van der Waals surface area contributed by atoms with Gasteiger partial charge in [0, 0.05) is 24.9 Å². The highest BCUT2D eigenvalue weighted by Gasteiger charge is 2.14. The number of hydrogen-bond donors (Lipinski definition) is 0. The lowest BCUT2D eigenvalue weighted by molar-refractivity contribution is 0.134. The van der Waals surface area contributed by atoms with Crippen molar-refractivity contribution in [3.63, 3.8) is 0 Å². The molecule has 0 atom stereocenters. The molecule has 3 heterocycles. The van der Waals surface area contributed by atoms with Gasteiger partial charge >= 0.3 is 0 Å². The van der Waals surface area contributed by atoms with Gasteiger partial charge in [0.15, 0.2) is 4.80 Å². The third-order valence-corrected chi connectivity index (χ3v) is 5.33. The first-order valence-corrected chi connectivity index (χ1v) is 9.55. The van der Waals surface area contributed by atoms with E-state index in [4.69, 9.17) is 16.2 Å². The molecule has 3 aromatic rings. The number of benzene rings is 1. The maximum atomic E-state index is 5.54. The number of terminal acetylenes is 1. The zero-order chi connectivity index (χ0) is 17.9. The second-order valence-corrected chi connectivity index (χ2v) is 6.99. The van der Waals surface area contributed by atoms with Crippen LogP contribution >= 0.6 is 11.3 Å². The Hall–Kier alpha value is -2.62. The molecule has 1 aliphatic heterocycles. The number of thiazole rings is 1. The van der Waals surface area contributed by atoms with Crippen LogP contribution in [0, 0.1) is 12.3 Å². The molecule has 0 radical (unpaired) electrons. The van der Waals surface area contributed by atoms with E-state index < -0.39 is 0 Å². The second kappa shape index (κ2) is 7.32. The van der Waals surface area contributed by atoms with E-state index in [0.29, 0.717) is 19.6 Å². The van der Waals surface area contributed by atoms with E-state index in [1.807, 2.05) is 10.9 Å². The predicted molar refractivity (Wildman–Crippen MR) is 103 cm³/mol. The van der Waals surface area contributed by atoms with Crippen LogP contribution in [0.4, 0.5) is 5.69 Å². The van der Waals surface area contributed by atoms with Crippen molar-refractivity contribution in [3.8, 4) is 23.6 Å². The highest BCUT2D eigenvalue weighted by atomic mass is 32.1. The number of ether oxygens (including phenoxy) is 1. The van der Waals surface area contributed by atoms with E-state index in [0.717, 1.165) is 29.3 Å². The lowest BCUT2D eigenvalue weighted by Crippen LogP contribution is -2.15. The number of aryl methyl sites for hydroxylation is 1. The van der Waals surface area contributed by atoms with Crippen LogP contribution in [0.1, 0.15) is 24.5 Å². The van der Waals surface area contributed by atoms with Crippen molar-refractivity contribution in [1.82, 2.24) is 14.3 Å². The molecule has 0 bridgehead atoms. The Morgan fingerprint density at radius 1 is 1.35 bits per heavy atom. The molecule has 6 heteroatoms. The molecule has 1 aromatic carbocycles. The van der Waals surface area contributed by atoms with Crippen LogP contribution in [-0.2, 0) is 31.0 Å². The van der Waals surface area contributed by atoms with E-state index in [-0.39, 0.29) is 0 Å². The largest absolute Gasteiger partial charge is 0.372 e. The van der Waals surface area contributed by atoms with Gasteiger partial charge in [0.05, 0.1) is 31.3 Å². The molecule has 0 spiro atoms. The summed E-state index contributed by atoms with van der Waals surface area (Å²) in [4.78, 5) is 5.72. The van der Waals surface area contributed by atoms with Gasteiger partial charge in [-0.15, -0.1) is 23.7 Å². The second-order valence-electron chi connectivity index (χ2n) is 6.15. The smallest absolute Gasteiger partial charge is 0.190 e. The lowest BCUT2D eigenvalue weighted by atomic mass is 10.0. The van der Waals surface area contributed by atoms with E-state index in [1.54, 1.807) is 17.5 Å². The maximum absolute atomic E-state index is 5.54. The summed E-state index contributed by atoms with van der Waals surface area (Å²) in [6.07, 6.45) is 9.93. The fourth-order valence-corrected chi connectivity index (χ4v) is 4.02. The summed E-state index contributed by atoms with van der Waals surface area (Å²) in [6.45, 7) is 5.03. The molecule has 132 valence electrons. The molecule has 0 amide bonds. The SMILES string of the molecule is C#CCCn1c(-c2ccc3c(c2)COC3)csc1=Nc1cnn(CC)c1. The summed E-state index contributed by atoms with van der Waals surface area (Å²) >= 11 is 1.63. The molecular weight excluding hydrogens is 344 g/mol. The molecular formula is C20H20N4OS. The lowest BCUT2D eigenvalue weighted by Gasteiger charge is -2.08. The van der Waals surface area contributed by atoms with Gasteiger partial charge in [0.2, 0.25) is 0 Å². The van der Waals surface area contributed by atoms with Gasteiger partial charge in [-0.3, -0.25) is 4.68 Å². The average molecular weight is 364 g/mol. The fraction of sp³-hybridized carbons (Fsp3) is 0.300. The summed E-state index contributed by atoms with van der Waals surface area (Å²) in [6, 6.07) is 6.53. The first-order valence-electron chi connectivity index (χ1n) is 8.67. The minimum absolute atomic E-state index is 0.666. The van der Waals surface area contributed by atoms with Crippen LogP contribution in [0.5, 0.6) is 0 Å². The van der Waals surface area contributed by atoms with Crippen LogP contribution in [0.15, 0.2) is 41.0 Å². The number of fused-ring (bicyclic) bond motifs is 1. The van der Waals surface area contributed by atoms with Gasteiger partial charge in [-0.2, -0.15) is 5.10 Å². The molecule has 4 rings (SSSR count). The molecule has 26 heavy (non-hydrogen) atoms. The molecule has 0 aliphatic carbocycles. The van der Waals surface area contributed by atoms with Crippen molar-refractivity contribution in [2.45, 2.75) is 39.6 Å². The van der Waals surface area contributed by atoms with Crippen LogP contribution in [-0.4, -0.2) is 14.3 Å². The molecule has 0 saturated carbocycles. The van der Waals surface area contributed by atoms with E-state index in [2.05, 4.69) is 46.1 Å². The Labute approximate surface area is 156 Å². The monoisotopic (exact) mass is 364 g/mol. The topological polar surface area (TPSA) is 44.3 Å². The summed E-state index contributed by atoms with van der Waals surface area (Å²) in [5.74, 6) is 2.74. The summed E-state index contributed by atoms with van der Waals surface area (Å²) in [7, 11) is 0. The summed E-state index contributed by atoms with van der Waals surface area (Å²) < 4.78 is 9.61. The highest BCUT2D eigenvalue weighted by molar-refractivity contribution is 7.07. The van der Waals surface area contributed by atoms with Gasteiger partial charge in [-0.25, -0.2) is 4.99 Å². The third-order valence-electron chi connectivity index (χ3n) is 4.46. The number of hydrogen-bond acceptors (Lipinski definition) is 4. The number of nitrogens with zero attached hydrogens (tertiary/aromatic N) is 4. The molecule has 0 N–H and O–H groups in total. The number of rotatable bonds is 5. The Kier molecular flexibility index (Phi) is 4.74. The Bertz CT molecular complexity index is 1030. The summed E-state index contributed by atoms with van der Waals surface area (Å²) in [5, 5.41) is 6.45. The Morgan fingerprint density at radius 3 is 3.04 bits per heavy atom. The van der Waals surface area contributed by atoms with Crippen molar-refractivity contribution in [1.29, 1.82) is 0 Å². The van der Waals surface area contributed by atoms with Crippen LogP contribution in [0.25, 0.3) is 11.3 Å². The molecule has 1 aliphatic rings. The normalized spacial score (nSPS) is 13.8. The maximum Gasteiger partial charge on any atom is 0.190 e. The van der Waals surface area contributed by atoms with Crippen molar-refractivity contribution < 1.29 is 4.74 Å². The van der Waals surface area contributed by atoms with Gasteiger partial charge in [0.1, 0.15) is 5.69 Å². The van der Waals surface area contributed by atoms with Crippen molar-refractivity contribution >= 4 is 17.0 Å². The average Bonchev–Trinajstić information content (AvgIpc) is 3.39. The Morgan fingerprint density at radius 2 is 2.23 bits per heavy atom. The zero-order valence-electron chi connectivity index (χ0n) is 14.7. The van der Waals surface area contributed by atoms with Crippen LogP contribution in [0.3, 0.4) is 0 Å². The van der Waals surface area contributed by atoms with E-state index in [1.165, 1.54) is 16.7 Å². The van der Waals surface area contributed by atoms with E-state index in [9.17, 15) is 0 Å². The Balaban J connectivity index is 1.78. The van der Waals surface area contributed by atoms with Crippen LogP contribution in [0.2, 0.25) is 0 Å². The first-order chi connectivity index (χ1) is 12.8. The van der Waals surface area contributed by atoms with Crippen LogP contribution < -0.4 is 4.80 Å². The van der Waals surface area contributed by atoms with Crippen molar-refractivity contribution in [2.24, 2.45) is 4.99 Å². The predicted octanol–water partition coefficient (Wildman–Crippen LogP) is 3.72. The minimum Gasteiger partial charge on any atom is -0.372 e. The zero-order valence-corrected chi connectivity index (χ0v) is 15.5. The molecule has 5 nitrogen and oxygen atoms in total. The highest BCUT2D eigenvalue weighted by Crippen LogP contribution is 2.27. The number of aromatic nitrogens is 3. The molecule has 2 aromatic heterocycles. The quantitative estimate of drug-likeness (QED) is 0.648. The molecule has 0 unspecified atom stereocenters. The first kappa shape index (κ1) is 16.8. The van der Waals surface area contributed by atoms with Gasteiger partial charge in [0.25, 0.3) is 0 Å². The van der Waals surface area contributed by atoms with Gasteiger partial charge in [-0.1, -0.05) is 12.1 Å². The molecule has 0 fully saturated rings. The van der Waals surface area contributed by atoms with Gasteiger partial charge < -0.3 is 9.30 Å². The standard InChI is InChI=1S/C20H20N4OS/c1-3-5-8-24-19(15-6-7-16-12-25-13-17(16)9-15)14-26-20(24)22-18-10-21-23(4-2)11-18/h1,6-7,9-11,14H,4-5,8,12-13H2,2H3. The molecule has 0 saturated heterocycles. The van der Waals surface area contributed by atoms with E-state index >= 15 is 0 Å². The van der Waals surface area contributed by atoms with Crippen molar-refractivity contribution in [3.05, 3.63) is 51.9 Å². The summed E-state index contributed by atoms with van der Waals surface area (Å²) in [5.41, 5.74) is 5.71. The minimum atomic E-state index is 0.666.